The molecule has 3 aliphatic rings. The molecule has 6 nitrogen and oxygen atoms in total. The van der Waals surface area contributed by atoms with Crippen molar-refractivity contribution < 1.29 is 9.84 Å². The van der Waals surface area contributed by atoms with Crippen LogP contribution in [0.25, 0.3) is 10.9 Å². The van der Waals surface area contributed by atoms with E-state index in [1.54, 1.807) is 7.11 Å². The number of aliphatic hydroxyl groups is 1. The molecule has 2 saturated heterocycles. The Morgan fingerprint density at radius 1 is 1.28 bits per heavy atom. The smallest absolute Gasteiger partial charge is 0.227 e. The Morgan fingerprint density at radius 3 is 2.90 bits per heavy atom. The average Bonchev–Trinajstić information content (AvgIpc) is 2.75. The van der Waals surface area contributed by atoms with Crippen LogP contribution in [0.2, 0.25) is 0 Å². The summed E-state index contributed by atoms with van der Waals surface area (Å²) in [6.45, 7) is 2.97. The summed E-state index contributed by atoms with van der Waals surface area (Å²) in [5.41, 5.74) is 0.963. The summed E-state index contributed by atoms with van der Waals surface area (Å²) in [6.07, 6.45) is 5.61. The van der Waals surface area contributed by atoms with Gasteiger partial charge in [0.05, 0.1) is 5.52 Å². The van der Waals surface area contributed by atoms with Crippen molar-refractivity contribution in [2.45, 2.75) is 38.1 Å². The Balaban J connectivity index is 1.68. The van der Waals surface area contributed by atoms with E-state index < -0.39 is 0 Å². The van der Waals surface area contributed by atoms with Gasteiger partial charge in [-0.25, -0.2) is 4.98 Å². The van der Waals surface area contributed by atoms with Crippen LogP contribution >= 0.6 is 15.9 Å². The summed E-state index contributed by atoms with van der Waals surface area (Å²) in [4.78, 5) is 14.5. The summed E-state index contributed by atoms with van der Waals surface area (Å²) in [6, 6.07) is 6.63. The van der Waals surface area contributed by atoms with Crippen molar-refractivity contribution in [1.29, 1.82) is 0 Å². The van der Waals surface area contributed by atoms with Crippen LogP contribution in [0.3, 0.4) is 0 Å². The lowest BCUT2D eigenvalue weighted by molar-refractivity contribution is 0.106. The van der Waals surface area contributed by atoms with Crippen LogP contribution in [-0.4, -0.2) is 61.6 Å². The number of fused-ring (bicyclic) bond motifs is 4. The fourth-order valence-corrected chi connectivity index (χ4v) is 5.28. The van der Waals surface area contributed by atoms with Crippen LogP contribution in [0, 0.1) is 11.8 Å². The van der Waals surface area contributed by atoms with E-state index in [-0.39, 0.29) is 6.61 Å². The molecule has 29 heavy (non-hydrogen) atoms. The van der Waals surface area contributed by atoms with Gasteiger partial charge in [-0.2, -0.15) is 4.98 Å². The highest BCUT2D eigenvalue weighted by molar-refractivity contribution is 9.10. The molecule has 0 radical (unpaired) electrons. The number of nitrogens with zero attached hydrogens (tertiary/aromatic N) is 4. The van der Waals surface area contributed by atoms with Gasteiger partial charge in [0.25, 0.3) is 0 Å². The summed E-state index contributed by atoms with van der Waals surface area (Å²) in [5, 5.41) is 11.0. The molecule has 3 heterocycles. The SMILES string of the molecule is COCCCCN(C)c1nc(N2CC3CCC2C(CO)C3)c2ccc(Br)cc2n1. The summed E-state index contributed by atoms with van der Waals surface area (Å²) in [7, 11) is 3.81. The van der Waals surface area contributed by atoms with E-state index in [0.717, 1.165) is 72.5 Å². The zero-order valence-corrected chi connectivity index (χ0v) is 18.9. The van der Waals surface area contributed by atoms with E-state index in [9.17, 15) is 5.11 Å². The molecule has 3 atom stereocenters. The number of unbranched alkanes of at least 4 members (excludes halogenated alkanes) is 1. The number of hydrogen-bond acceptors (Lipinski definition) is 6. The van der Waals surface area contributed by atoms with Gasteiger partial charge in [0.2, 0.25) is 5.95 Å². The second kappa shape index (κ2) is 9.14. The van der Waals surface area contributed by atoms with Crippen molar-refractivity contribution in [3.05, 3.63) is 22.7 Å². The Labute approximate surface area is 181 Å². The van der Waals surface area contributed by atoms with E-state index in [1.165, 1.54) is 6.42 Å². The van der Waals surface area contributed by atoms with Crippen molar-refractivity contribution >= 4 is 38.6 Å². The molecule has 0 amide bonds. The van der Waals surface area contributed by atoms with Gasteiger partial charge in [0.1, 0.15) is 5.82 Å². The lowest BCUT2D eigenvalue weighted by Gasteiger charge is -2.50. The minimum atomic E-state index is 0.262. The minimum absolute atomic E-state index is 0.262. The first-order chi connectivity index (χ1) is 14.1. The minimum Gasteiger partial charge on any atom is -0.396 e. The van der Waals surface area contributed by atoms with Gasteiger partial charge in [-0.15, -0.1) is 0 Å². The maximum Gasteiger partial charge on any atom is 0.227 e. The highest BCUT2D eigenvalue weighted by Gasteiger charge is 2.41. The number of anilines is 2. The molecule has 2 aromatic rings. The number of piperidine rings is 2. The van der Waals surface area contributed by atoms with E-state index in [0.29, 0.717) is 17.9 Å². The standard InChI is InChI=1S/C22H31BrN4O2/c1-26(9-3-4-10-29-2)22-24-19-12-17(23)6-7-18(19)21(25-22)27-13-15-5-8-20(27)16(11-15)14-28/h6-7,12,15-16,20,28H,3-5,8-11,13-14H2,1-2H3. The molecule has 3 unspecified atom stereocenters. The van der Waals surface area contributed by atoms with Gasteiger partial charge in [0.15, 0.2) is 0 Å². The molecule has 3 fully saturated rings. The summed E-state index contributed by atoms with van der Waals surface area (Å²) >= 11 is 3.59. The molecule has 1 aliphatic carbocycles. The highest BCUT2D eigenvalue weighted by Crippen LogP contribution is 2.42. The highest BCUT2D eigenvalue weighted by atomic mass is 79.9. The van der Waals surface area contributed by atoms with Gasteiger partial charge in [-0.1, -0.05) is 15.9 Å². The molecule has 1 saturated carbocycles. The summed E-state index contributed by atoms with van der Waals surface area (Å²) in [5.74, 6) is 2.78. The maximum absolute atomic E-state index is 9.93. The zero-order valence-electron chi connectivity index (χ0n) is 17.4. The Kier molecular flexibility index (Phi) is 6.56. The van der Waals surface area contributed by atoms with Crippen LogP contribution in [0.4, 0.5) is 11.8 Å². The molecule has 5 rings (SSSR count). The third kappa shape index (κ3) is 4.37. The first-order valence-corrected chi connectivity index (χ1v) is 11.4. The van der Waals surface area contributed by atoms with Crippen molar-refractivity contribution in [1.82, 2.24) is 9.97 Å². The maximum atomic E-state index is 9.93. The fraction of sp³-hybridized carbons (Fsp3) is 0.636. The van der Waals surface area contributed by atoms with Crippen molar-refractivity contribution in [2.75, 3.05) is 50.3 Å². The first-order valence-electron chi connectivity index (χ1n) is 10.7. The molecule has 2 aliphatic heterocycles. The quantitative estimate of drug-likeness (QED) is 0.601. The van der Waals surface area contributed by atoms with E-state index in [1.807, 2.05) is 0 Å². The number of aliphatic hydroxyl groups excluding tert-OH is 1. The molecular formula is C22H31BrN4O2. The fourth-order valence-electron chi connectivity index (χ4n) is 4.93. The van der Waals surface area contributed by atoms with Crippen molar-refractivity contribution in [3.63, 3.8) is 0 Å². The van der Waals surface area contributed by atoms with Crippen molar-refractivity contribution in [2.24, 2.45) is 11.8 Å². The van der Waals surface area contributed by atoms with E-state index >= 15 is 0 Å². The number of ether oxygens (including phenoxy) is 1. The van der Waals surface area contributed by atoms with E-state index in [4.69, 9.17) is 14.7 Å². The van der Waals surface area contributed by atoms with Crippen LogP contribution in [0.5, 0.6) is 0 Å². The molecule has 158 valence electrons. The molecule has 1 aromatic carbocycles. The van der Waals surface area contributed by atoms with Crippen LogP contribution in [0.15, 0.2) is 22.7 Å². The topological polar surface area (TPSA) is 61.7 Å². The molecular weight excluding hydrogens is 432 g/mol. The molecule has 1 aromatic heterocycles. The number of methoxy groups -OCH3 is 1. The van der Waals surface area contributed by atoms with Gasteiger partial charge in [-0.05, 0) is 56.2 Å². The largest absolute Gasteiger partial charge is 0.396 e. The summed E-state index contributed by atoms with van der Waals surface area (Å²) < 4.78 is 6.19. The zero-order chi connectivity index (χ0) is 20.4. The lowest BCUT2D eigenvalue weighted by atomic mass is 9.73. The predicted molar refractivity (Wildman–Crippen MR) is 121 cm³/mol. The Bertz CT molecular complexity index is 849. The van der Waals surface area contributed by atoms with Gasteiger partial charge < -0.3 is 19.6 Å². The Morgan fingerprint density at radius 2 is 2.14 bits per heavy atom. The third-order valence-electron chi connectivity index (χ3n) is 6.47. The van der Waals surface area contributed by atoms with Crippen LogP contribution in [0.1, 0.15) is 32.1 Å². The van der Waals surface area contributed by atoms with Gasteiger partial charge in [0, 0.05) is 62.3 Å². The van der Waals surface area contributed by atoms with Crippen molar-refractivity contribution in [3.8, 4) is 0 Å². The second-order valence-corrected chi connectivity index (χ2v) is 9.39. The van der Waals surface area contributed by atoms with Crippen LogP contribution < -0.4 is 9.80 Å². The number of aromatic nitrogens is 2. The number of benzene rings is 1. The molecule has 1 N–H and O–H groups in total. The number of rotatable bonds is 8. The van der Waals surface area contributed by atoms with Crippen LogP contribution in [-0.2, 0) is 4.74 Å². The average molecular weight is 463 g/mol. The normalized spacial score (nSPS) is 23.7. The lowest BCUT2D eigenvalue weighted by Crippen LogP contribution is -2.54. The molecule has 7 heteroatoms. The number of halogens is 1. The Hall–Kier alpha value is -1.44. The molecule has 2 bridgehead atoms. The predicted octanol–water partition coefficient (Wildman–Crippen LogP) is 3.85. The molecule has 0 spiro atoms. The monoisotopic (exact) mass is 462 g/mol. The van der Waals surface area contributed by atoms with Gasteiger partial charge in [-0.3, -0.25) is 0 Å². The number of hydrogen-bond donors (Lipinski definition) is 1. The van der Waals surface area contributed by atoms with E-state index in [2.05, 4.69) is 51.0 Å². The third-order valence-corrected chi connectivity index (χ3v) is 6.97. The first kappa shape index (κ1) is 20.8. The van der Waals surface area contributed by atoms with Gasteiger partial charge >= 0.3 is 0 Å². The second-order valence-electron chi connectivity index (χ2n) is 8.47.